The van der Waals surface area contributed by atoms with Crippen molar-refractivity contribution in [3.8, 4) is 11.5 Å². The molecule has 1 heterocycles. The zero-order valence-corrected chi connectivity index (χ0v) is 17.7. The van der Waals surface area contributed by atoms with Crippen LogP contribution in [-0.2, 0) is 4.79 Å². The van der Waals surface area contributed by atoms with Crippen molar-refractivity contribution in [1.29, 1.82) is 0 Å². The van der Waals surface area contributed by atoms with Crippen LogP contribution in [0.25, 0.3) is 6.08 Å². The number of thioether (sulfide) groups is 1. The largest absolute Gasteiger partial charge is 0.493 e. The molecule has 0 unspecified atom stereocenters. The smallest absolute Gasteiger partial charge is 0.335 e. The minimum atomic E-state index is -0.997. The van der Waals surface area contributed by atoms with Gasteiger partial charge in [0.15, 0.2) is 16.7 Å². The third-order valence-electron chi connectivity index (χ3n) is 4.35. The monoisotopic (exact) mass is 426 g/mol. The molecule has 0 radical (unpaired) electrons. The van der Waals surface area contributed by atoms with Gasteiger partial charge in [0, 0.05) is 12.1 Å². The summed E-state index contributed by atoms with van der Waals surface area (Å²) in [6, 6.07) is 11.7. The molecule has 3 rings (SSSR count). The van der Waals surface area contributed by atoms with Crippen molar-refractivity contribution in [2.75, 3.05) is 20.3 Å². The third-order valence-corrected chi connectivity index (χ3v) is 5.35. The predicted molar refractivity (Wildman–Crippen MR) is 118 cm³/mol. The molecule has 0 saturated carbocycles. The van der Waals surface area contributed by atoms with Gasteiger partial charge in [0.2, 0.25) is 0 Å². The molecule has 1 aliphatic heterocycles. The molecule has 0 aromatic heterocycles. The number of ether oxygens (including phenoxy) is 2. The van der Waals surface area contributed by atoms with Gasteiger partial charge < -0.3 is 14.6 Å². The lowest BCUT2D eigenvalue weighted by Gasteiger charge is -2.12. The Labute approximate surface area is 179 Å². The number of hydrogen-bond donors (Lipinski definition) is 1. The number of aromatic carboxylic acids is 1. The fraction of sp³-hybridized carbons (Fsp3) is 0.227. The summed E-state index contributed by atoms with van der Waals surface area (Å²) in [5, 5.41) is 9.57. The van der Waals surface area contributed by atoms with Gasteiger partial charge in [-0.3, -0.25) is 9.69 Å². The number of para-hydroxylation sites is 1. The third kappa shape index (κ3) is 4.49. The number of carbonyl (C=O) groups is 2. The predicted octanol–water partition coefficient (Wildman–Crippen LogP) is 4.42. The highest BCUT2D eigenvalue weighted by molar-refractivity contribution is 8.18. The van der Waals surface area contributed by atoms with Crippen LogP contribution in [0.3, 0.4) is 0 Å². The van der Waals surface area contributed by atoms with Crippen LogP contribution in [0.4, 0.5) is 5.69 Å². The summed E-state index contributed by atoms with van der Waals surface area (Å²) in [7, 11) is 1.57. The molecule has 1 fully saturated rings. The highest BCUT2D eigenvalue weighted by Gasteiger charge is 2.32. The fourth-order valence-electron chi connectivity index (χ4n) is 2.91. The Morgan fingerprint density at radius 3 is 2.53 bits per heavy atom. The molecule has 1 N–H and O–H groups in total. The number of carboxylic acids is 1. The molecule has 2 aromatic carbocycles. The van der Waals surface area contributed by atoms with Gasteiger partial charge in [0.1, 0.15) is 0 Å². The van der Waals surface area contributed by atoms with E-state index in [-0.39, 0.29) is 11.5 Å². The Balaban J connectivity index is 1.95. The molecule has 30 heavy (non-hydrogen) atoms. The zero-order valence-electron chi connectivity index (χ0n) is 16.9. The first-order valence-electron chi connectivity index (χ1n) is 9.41. The number of nitrogens with zero attached hydrogens (tertiary/aromatic N) is 2. The molecule has 156 valence electrons. The van der Waals surface area contributed by atoms with Crippen LogP contribution in [0.1, 0.15) is 29.8 Å². The topological polar surface area (TPSA) is 88.4 Å². The van der Waals surface area contributed by atoms with E-state index in [9.17, 15) is 9.59 Å². The molecule has 1 amide bonds. The lowest BCUT2D eigenvalue weighted by Crippen LogP contribution is -2.28. The summed E-state index contributed by atoms with van der Waals surface area (Å²) in [5.74, 6) is 0.0413. The SMILES string of the molecule is CCOc1c(/C=C2/SC(=Nc3ccc(C(=O)O)cc3)N(CC)C2=O)cccc1OC. The highest BCUT2D eigenvalue weighted by atomic mass is 32.2. The van der Waals surface area contributed by atoms with Gasteiger partial charge in [-0.05, 0) is 62.0 Å². The average Bonchev–Trinajstić information content (AvgIpc) is 3.03. The Morgan fingerprint density at radius 1 is 1.20 bits per heavy atom. The second-order valence-electron chi connectivity index (χ2n) is 6.22. The van der Waals surface area contributed by atoms with Gasteiger partial charge >= 0.3 is 5.97 Å². The molecule has 0 bridgehead atoms. The number of aliphatic imine (C=N–C) groups is 1. The molecule has 1 saturated heterocycles. The van der Waals surface area contributed by atoms with E-state index in [0.717, 1.165) is 5.56 Å². The van der Waals surface area contributed by atoms with Crippen LogP contribution in [0.15, 0.2) is 52.4 Å². The number of likely N-dealkylation sites (N-methyl/N-ethyl adjacent to an activating group) is 1. The van der Waals surface area contributed by atoms with Crippen LogP contribution < -0.4 is 9.47 Å². The minimum Gasteiger partial charge on any atom is -0.493 e. The maximum atomic E-state index is 12.9. The van der Waals surface area contributed by atoms with Crippen molar-refractivity contribution in [2.45, 2.75) is 13.8 Å². The summed E-state index contributed by atoms with van der Waals surface area (Å²) in [6.45, 7) is 4.70. The van der Waals surface area contributed by atoms with Gasteiger partial charge in [-0.25, -0.2) is 9.79 Å². The molecule has 0 atom stereocenters. The standard InChI is InChI=1S/C22H22N2O5S/c1-4-24-20(25)18(13-15-7-6-8-17(28-3)19(15)29-5-2)30-22(24)23-16-11-9-14(10-12-16)21(26)27/h6-13H,4-5H2,1-3H3,(H,26,27)/b18-13+,23-22?. The first-order valence-corrected chi connectivity index (χ1v) is 10.2. The molecule has 2 aromatic rings. The first kappa shape index (κ1) is 21.4. The normalized spacial score (nSPS) is 16.4. The summed E-state index contributed by atoms with van der Waals surface area (Å²) in [6.07, 6.45) is 1.78. The van der Waals surface area contributed by atoms with E-state index in [1.54, 1.807) is 30.2 Å². The summed E-state index contributed by atoms with van der Waals surface area (Å²) in [4.78, 5) is 30.6. The minimum absolute atomic E-state index is 0.145. The van der Waals surface area contributed by atoms with Crippen molar-refractivity contribution in [3.63, 3.8) is 0 Å². The summed E-state index contributed by atoms with van der Waals surface area (Å²) in [5.41, 5.74) is 1.50. The van der Waals surface area contributed by atoms with E-state index >= 15 is 0 Å². The average molecular weight is 426 g/mol. The van der Waals surface area contributed by atoms with Crippen molar-refractivity contribution in [3.05, 3.63) is 58.5 Å². The van der Waals surface area contributed by atoms with E-state index in [1.165, 1.54) is 23.9 Å². The number of methoxy groups -OCH3 is 1. The van der Waals surface area contributed by atoms with Crippen LogP contribution in [0.5, 0.6) is 11.5 Å². The van der Waals surface area contributed by atoms with Crippen LogP contribution >= 0.6 is 11.8 Å². The molecule has 8 heteroatoms. The number of rotatable bonds is 7. The molecule has 0 aliphatic carbocycles. The summed E-state index contributed by atoms with van der Waals surface area (Å²) >= 11 is 1.27. The van der Waals surface area contributed by atoms with E-state index < -0.39 is 5.97 Å². The Morgan fingerprint density at radius 2 is 1.93 bits per heavy atom. The van der Waals surface area contributed by atoms with Crippen LogP contribution in [-0.4, -0.2) is 47.3 Å². The second kappa shape index (κ2) is 9.49. The molecular formula is C22H22N2O5S. The lowest BCUT2D eigenvalue weighted by molar-refractivity contribution is -0.122. The molecular weight excluding hydrogens is 404 g/mol. The van der Waals surface area contributed by atoms with Crippen LogP contribution in [0, 0.1) is 0 Å². The Bertz CT molecular complexity index is 1010. The van der Waals surface area contributed by atoms with E-state index in [2.05, 4.69) is 4.99 Å². The molecule has 1 aliphatic rings. The first-order chi connectivity index (χ1) is 14.5. The Hall–Kier alpha value is -3.26. The zero-order chi connectivity index (χ0) is 21.7. The molecule has 0 spiro atoms. The van der Waals surface area contributed by atoms with E-state index in [1.807, 2.05) is 32.0 Å². The number of amides is 1. The van der Waals surface area contributed by atoms with Crippen molar-refractivity contribution < 1.29 is 24.2 Å². The maximum Gasteiger partial charge on any atom is 0.335 e. The van der Waals surface area contributed by atoms with Crippen molar-refractivity contribution in [1.82, 2.24) is 4.90 Å². The number of carboxylic acid groups (broad SMARTS) is 1. The number of amidine groups is 1. The van der Waals surface area contributed by atoms with Crippen molar-refractivity contribution in [2.24, 2.45) is 4.99 Å². The van der Waals surface area contributed by atoms with Gasteiger partial charge in [-0.15, -0.1) is 0 Å². The maximum absolute atomic E-state index is 12.9. The van der Waals surface area contributed by atoms with Gasteiger partial charge in [-0.1, -0.05) is 12.1 Å². The highest BCUT2D eigenvalue weighted by Crippen LogP contribution is 2.38. The quantitative estimate of drug-likeness (QED) is 0.660. The lowest BCUT2D eigenvalue weighted by atomic mass is 10.1. The number of carbonyl (C=O) groups excluding carboxylic acids is 1. The van der Waals surface area contributed by atoms with E-state index in [0.29, 0.717) is 40.4 Å². The van der Waals surface area contributed by atoms with E-state index in [4.69, 9.17) is 14.6 Å². The van der Waals surface area contributed by atoms with Gasteiger partial charge in [-0.2, -0.15) is 0 Å². The second-order valence-corrected chi connectivity index (χ2v) is 7.23. The number of benzene rings is 2. The summed E-state index contributed by atoms with van der Waals surface area (Å²) < 4.78 is 11.1. The van der Waals surface area contributed by atoms with Crippen molar-refractivity contribution >= 4 is 40.6 Å². The Kier molecular flexibility index (Phi) is 6.79. The fourth-order valence-corrected chi connectivity index (χ4v) is 3.96. The van der Waals surface area contributed by atoms with Gasteiger partial charge in [0.05, 0.1) is 29.9 Å². The molecule has 7 nitrogen and oxygen atoms in total. The van der Waals surface area contributed by atoms with Crippen LogP contribution in [0.2, 0.25) is 0 Å². The van der Waals surface area contributed by atoms with Gasteiger partial charge in [0.25, 0.3) is 5.91 Å². The number of hydrogen-bond acceptors (Lipinski definition) is 6.